The normalized spacial score (nSPS) is 15.5. The predicted octanol–water partition coefficient (Wildman–Crippen LogP) is 3.10. The van der Waals surface area contributed by atoms with E-state index in [-0.39, 0.29) is 5.82 Å². The van der Waals surface area contributed by atoms with Crippen LogP contribution < -0.4 is 0 Å². The van der Waals surface area contributed by atoms with Gasteiger partial charge in [0, 0.05) is 4.47 Å². The monoisotopic (exact) mass is 244 g/mol. The molecule has 4 heteroatoms. The Morgan fingerprint density at radius 3 is 2.62 bits per heavy atom. The number of halogens is 2. The van der Waals surface area contributed by atoms with Gasteiger partial charge in [-0.25, -0.2) is 4.39 Å². The van der Waals surface area contributed by atoms with Crippen molar-refractivity contribution < 1.29 is 13.9 Å². The van der Waals surface area contributed by atoms with Crippen molar-refractivity contribution in [2.45, 2.75) is 6.29 Å². The maximum absolute atomic E-state index is 13.2. The molecule has 0 aromatic heterocycles. The van der Waals surface area contributed by atoms with E-state index < -0.39 is 6.29 Å². The minimum Gasteiger partial charge on any atom is -0.455 e. The minimum absolute atomic E-state index is 0.336. The first-order valence-electron chi connectivity index (χ1n) is 3.68. The molecular weight excluding hydrogens is 239 g/mol. The van der Waals surface area contributed by atoms with Crippen LogP contribution in [0.4, 0.5) is 4.39 Å². The summed E-state index contributed by atoms with van der Waals surface area (Å²) in [7, 11) is 0. The molecule has 0 unspecified atom stereocenters. The van der Waals surface area contributed by atoms with Crippen molar-refractivity contribution in [1.82, 2.24) is 0 Å². The first kappa shape index (κ1) is 8.56. The fourth-order valence-corrected chi connectivity index (χ4v) is 1.46. The lowest BCUT2D eigenvalue weighted by molar-refractivity contribution is -0.0271. The van der Waals surface area contributed by atoms with Gasteiger partial charge in [-0.3, -0.25) is 0 Å². The van der Waals surface area contributed by atoms with Crippen LogP contribution in [-0.2, 0) is 9.47 Å². The van der Waals surface area contributed by atoms with Crippen molar-refractivity contribution in [1.29, 1.82) is 0 Å². The standard InChI is InChI=1S/C9H6BrFO2/c10-6-1-2-8(11)7(5-6)9-12-3-4-13-9/h1-5,9H. The third-order valence-corrected chi connectivity index (χ3v) is 2.17. The Hall–Kier alpha value is -1.03. The zero-order valence-corrected chi connectivity index (χ0v) is 8.12. The Kier molecular flexibility index (Phi) is 2.22. The van der Waals surface area contributed by atoms with Crippen LogP contribution in [0.25, 0.3) is 0 Å². The SMILES string of the molecule is Fc1ccc(Br)cc1C1OC=CO1. The van der Waals surface area contributed by atoms with E-state index >= 15 is 0 Å². The highest BCUT2D eigenvalue weighted by molar-refractivity contribution is 9.10. The molecule has 0 radical (unpaired) electrons. The molecule has 1 aliphatic heterocycles. The molecule has 0 amide bonds. The summed E-state index contributed by atoms with van der Waals surface area (Å²) < 4.78 is 24.0. The van der Waals surface area contributed by atoms with E-state index in [1.807, 2.05) is 0 Å². The zero-order chi connectivity index (χ0) is 9.26. The molecule has 0 bridgehead atoms. The lowest BCUT2D eigenvalue weighted by atomic mass is 10.2. The topological polar surface area (TPSA) is 18.5 Å². The molecule has 0 N–H and O–H groups in total. The number of hydrogen-bond acceptors (Lipinski definition) is 2. The molecule has 2 nitrogen and oxygen atoms in total. The lowest BCUT2D eigenvalue weighted by Crippen LogP contribution is -2.00. The van der Waals surface area contributed by atoms with Gasteiger partial charge in [-0.05, 0) is 18.2 Å². The molecule has 13 heavy (non-hydrogen) atoms. The van der Waals surface area contributed by atoms with Gasteiger partial charge >= 0.3 is 0 Å². The second-order valence-corrected chi connectivity index (χ2v) is 3.46. The molecule has 2 rings (SSSR count). The Bertz CT molecular complexity index is 343. The largest absolute Gasteiger partial charge is 0.455 e. The highest BCUT2D eigenvalue weighted by Gasteiger charge is 2.19. The second kappa shape index (κ2) is 3.38. The molecule has 1 heterocycles. The van der Waals surface area contributed by atoms with Crippen molar-refractivity contribution in [2.75, 3.05) is 0 Å². The summed E-state index contributed by atoms with van der Waals surface area (Å²) >= 11 is 3.25. The summed E-state index contributed by atoms with van der Waals surface area (Å²) in [5, 5.41) is 0. The Morgan fingerprint density at radius 1 is 1.23 bits per heavy atom. The second-order valence-electron chi connectivity index (χ2n) is 2.54. The number of hydrogen-bond donors (Lipinski definition) is 0. The van der Waals surface area contributed by atoms with Gasteiger partial charge in [0.1, 0.15) is 18.3 Å². The molecule has 1 aromatic carbocycles. The molecular formula is C9H6BrFO2. The van der Waals surface area contributed by atoms with Crippen molar-refractivity contribution >= 4 is 15.9 Å². The number of ether oxygens (including phenoxy) is 2. The van der Waals surface area contributed by atoms with Gasteiger partial charge in [-0.15, -0.1) is 0 Å². The Labute approximate surface area is 83.1 Å². The lowest BCUT2D eigenvalue weighted by Gasteiger charge is -2.11. The maximum Gasteiger partial charge on any atom is 0.269 e. The van der Waals surface area contributed by atoms with Crippen molar-refractivity contribution in [2.24, 2.45) is 0 Å². The van der Waals surface area contributed by atoms with Crippen molar-refractivity contribution in [3.8, 4) is 0 Å². The third-order valence-electron chi connectivity index (χ3n) is 1.67. The molecule has 0 fully saturated rings. The summed E-state index contributed by atoms with van der Waals surface area (Å²) in [5.74, 6) is -0.336. The average molecular weight is 245 g/mol. The summed E-state index contributed by atoms with van der Waals surface area (Å²) in [4.78, 5) is 0. The zero-order valence-electron chi connectivity index (χ0n) is 6.54. The smallest absolute Gasteiger partial charge is 0.269 e. The molecule has 0 saturated carbocycles. The molecule has 0 saturated heterocycles. The van der Waals surface area contributed by atoms with Gasteiger partial charge in [0.15, 0.2) is 0 Å². The number of rotatable bonds is 1. The highest BCUT2D eigenvalue weighted by atomic mass is 79.9. The fraction of sp³-hybridized carbons (Fsp3) is 0.111. The van der Waals surface area contributed by atoms with E-state index in [1.54, 1.807) is 12.1 Å². The maximum atomic E-state index is 13.2. The van der Waals surface area contributed by atoms with Crippen LogP contribution in [0.2, 0.25) is 0 Å². The van der Waals surface area contributed by atoms with Crippen molar-refractivity contribution in [3.63, 3.8) is 0 Å². The van der Waals surface area contributed by atoms with Crippen LogP contribution in [0, 0.1) is 5.82 Å². The van der Waals surface area contributed by atoms with Gasteiger partial charge in [-0.1, -0.05) is 15.9 Å². The van der Waals surface area contributed by atoms with Crippen LogP contribution in [0.15, 0.2) is 35.2 Å². The first-order chi connectivity index (χ1) is 6.27. The van der Waals surface area contributed by atoms with Crippen LogP contribution in [0.1, 0.15) is 11.9 Å². The van der Waals surface area contributed by atoms with Crippen LogP contribution in [-0.4, -0.2) is 0 Å². The van der Waals surface area contributed by atoms with E-state index in [0.717, 1.165) is 4.47 Å². The first-order valence-corrected chi connectivity index (χ1v) is 4.47. The molecule has 1 aliphatic rings. The predicted molar refractivity (Wildman–Crippen MR) is 48.2 cm³/mol. The van der Waals surface area contributed by atoms with Gasteiger partial charge in [0.25, 0.3) is 6.29 Å². The van der Waals surface area contributed by atoms with Crippen LogP contribution >= 0.6 is 15.9 Å². The minimum atomic E-state index is -0.655. The molecule has 1 aromatic rings. The van der Waals surface area contributed by atoms with E-state index in [1.165, 1.54) is 18.6 Å². The van der Waals surface area contributed by atoms with E-state index in [4.69, 9.17) is 9.47 Å². The summed E-state index contributed by atoms with van der Waals surface area (Å²) in [6, 6.07) is 4.62. The molecule has 0 aliphatic carbocycles. The van der Waals surface area contributed by atoms with Gasteiger partial charge < -0.3 is 9.47 Å². The molecule has 0 atom stereocenters. The van der Waals surface area contributed by atoms with Crippen molar-refractivity contribution in [3.05, 3.63) is 46.6 Å². The van der Waals surface area contributed by atoms with Crippen LogP contribution in [0.3, 0.4) is 0 Å². The number of benzene rings is 1. The van der Waals surface area contributed by atoms with Gasteiger partial charge in [0.2, 0.25) is 0 Å². The Balaban J connectivity index is 2.33. The van der Waals surface area contributed by atoms with Crippen LogP contribution in [0.5, 0.6) is 0 Å². The summed E-state index contributed by atoms with van der Waals surface area (Å²) in [6.45, 7) is 0. The third kappa shape index (κ3) is 1.67. The quantitative estimate of drug-likeness (QED) is 0.756. The molecule has 0 spiro atoms. The summed E-state index contributed by atoms with van der Waals surface area (Å²) in [6.07, 6.45) is 2.13. The van der Waals surface area contributed by atoms with E-state index in [9.17, 15) is 4.39 Å². The Morgan fingerprint density at radius 2 is 1.92 bits per heavy atom. The molecule has 68 valence electrons. The van der Waals surface area contributed by atoms with E-state index in [2.05, 4.69) is 15.9 Å². The average Bonchev–Trinajstić information content (AvgIpc) is 2.61. The van der Waals surface area contributed by atoms with Gasteiger partial charge in [0.05, 0.1) is 5.56 Å². The van der Waals surface area contributed by atoms with E-state index in [0.29, 0.717) is 5.56 Å². The van der Waals surface area contributed by atoms with Gasteiger partial charge in [-0.2, -0.15) is 0 Å². The fourth-order valence-electron chi connectivity index (χ4n) is 1.08. The highest BCUT2D eigenvalue weighted by Crippen LogP contribution is 2.28. The summed E-state index contributed by atoms with van der Waals surface area (Å²) in [5.41, 5.74) is 0.388.